The van der Waals surface area contributed by atoms with E-state index >= 15 is 0 Å². The van der Waals surface area contributed by atoms with Crippen LogP contribution in [-0.2, 0) is 0 Å². The van der Waals surface area contributed by atoms with E-state index in [0.29, 0.717) is 5.56 Å². The van der Waals surface area contributed by atoms with E-state index in [2.05, 4.69) is 15.9 Å². The van der Waals surface area contributed by atoms with Gasteiger partial charge in [-0.2, -0.15) is 0 Å². The highest BCUT2D eigenvalue weighted by molar-refractivity contribution is 9.10. The Balaban J connectivity index is 1.64. The molecule has 3 aromatic carbocycles. The van der Waals surface area contributed by atoms with Gasteiger partial charge in [-0.15, -0.1) is 0 Å². The van der Waals surface area contributed by atoms with Crippen LogP contribution in [0.5, 0.6) is 5.75 Å². The maximum atomic E-state index is 12.2. The Morgan fingerprint density at radius 3 is 2.28 bits per heavy atom. The minimum atomic E-state index is -0.692. The third-order valence-electron chi connectivity index (χ3n) is 3.94. The number of ether oxygens (including phenoxy) is 1. The first kappa shape index (κ1) is 20.2. The third kappa shape index (κ3) is 5.46. The molecule has 0 spiro atoms. The van der Waals surface area contributed by atoms with Crippen LogP contribution in [-0.4, -0.2) is 16.7 Å². The van der Waals surface area contributed by atoms with Crippen molar-refractivity contribution < 1.29 is 19.2 Å². The Bertz CT molecular complexity index is 1090. The number of halogens is 1. The van der Waals surface area contributed by atoms with E-state index in [4.69, 9.17) is 4.74 Å². The average Bonchev–Trinajstić information content (AvgIpc) is 2.73. The van der Waals surface area contributed by atoms with E-state index in [1.165, 1.54) is 24.3 Å². The van der Waals surface area contributed by atoms with E-state index in [1.54, 1.807) is 54.6 Å². The van der Waals surface area contributed by atoms with Gasteiger partial charge in [0, 0.05) is 22.2 Å². The van der Waals surface area contributed by atoms with E-state index < -0.39 is 10.9 Å². The molecule has 0 radical (unpaired) electrons. The summed E-state index contributed by atoms with van der Waals surface area (Å²) in [6.07, 6.45) is 3.13. The van der Waals surface area contributed by atoms with Gasteiger partial charge in [0.05, 0.1) is 10.5 Å². The number of esters is 1. The van der Waals surface area contributed by atoms with Gasteiger partial charge in [-0.1, -0.05) is 40.2 Å². The minimum Gasteiger partial charge on any atom is -0.423 e. The van der Waals surface area contributed by atoms with Crippen molar-refractivity contribution in [2.45, 2.75) is 0 Å². The van der Waals surface area contributed by atoms with Crippen LogP contribution >= 0.6 is 15.9 Å². The lowest BCUT2D eigenvalue weighted by Crippen LogP contribution is -2.08. The number of nitro benzene ring substituents is 1. The number of carbonyl (C=O) groups excluding carboxylic acids is 2. The molecule has 0 atom stereocenters. The lowest BCUT2D eigenvalue weighted by molar-refractivity contribution is -0.384. The summed E-state index contributed by atoms with van der Waals surface area (Å²) in [5.41, 5.74) is 1.23. The van der Waals surface area contributed by atoms with Crippen molar-refractivity contribution in [2.75, 3.05) is 0 Å². The quantitative estimate of drug-likeness (QED) is 0.124. The van der Waals surface area contributed by atoms with Gasteiger partial charge < -0.3 is 4.74 Å². The highest BCUT2D eigenvalue weighted by Crippen LogP contribution is 2.18. The minimum absolute atomic E-state index is 0.0864. The van der Waals surface area contributed by atoms with Gasteiger partial charge in [0.15, 0.2) is 5.78 Å². The smallest absolute Gasteiger partial charge is 0.343 e. The number of hydrogen-bond acceptors (Lipinski definition) is 5. The highest BCUT2D eigenvalue weighted by atomic mass is 79.9. The summed E-state index contributed by atoms with van der Waals surface area (Å²) in [6.45, 7) is 0. The van der Waals surface area contributed by atoms with E-state index in [-0.39, 0.29) is 22.8 Å². The zero-order valence-corrected chi connectivity index (χ0v) is 16.5. The number of nitro groups is 1. The van der Waals surface area contributed by atoms with Crippen molar-refractivity contribution in [3.8, 4) is 5.75 Å². The SMILES string of the molecule is O=C(/C=C/c1ccc(OC(=O)c2cccc([N+](=O)[O-])c2)cc1)c1ccc(Br)cc1. The molecule has 6 nitrogen and oxygen atoms in total. The molecule has 0 fully saturated rings. The second kappa shape index (κ2) is 9.07. The highest BCUT2D eigenvalue weighted by Gasteiger charge is 2.13. The van der Waals surface area contributed by atoms with Crippen LogP contribution in [0.15, 0.2) is 83.3 Å². The third-order valence-corrected chi connectivity index (χ3v) is 4.47. The van der Waals surface area contributed by atoms with Crippen molar-refractivity contribution in [1.82, 2.24) is 0 Å². The topological polar surface area (TPSA) is 86.5 Å². The predicted molar refractivity (Wildman–Crippen MR) is 112 cm³/mol. The molecule has 0 unspecified atom stereocenters. The first-order valence-corrected chi connectivity index (χ1v) is 9.26. The van der Waals surface area contributed by atoms with Gasteiger partial charge in [0.1, 0.15) is 5.75 Å². The number of nitrogens with zero attached hydrogens (tertiary/aromatic N) is 1. The van der Waals surface area contributed by atoms with Crippen LogP contribution in [0.4, 0.5) is 5.69 Å². The van der Waals surface area contributed by atoms with Crippen molar-refractivity contribution in [2.24, 2.45) is 0 Å². The van der Waals surface area contributed by atoms with Crippen LogP contribution in [0.1, 0.15) is 26.3 Å². The molecule has 7 heteroatoms. The van der Waals surface area contributed by atoms with Crippen LogP contribution in [0.2, 0.25) is 0 Å². The largest absolute Gasteiger partial charge is 0.423 e. The Kier molecular flexibility index (Phi) is 6.31. The van der Waals surface area contributed by atoms with Gasteiger partial charge in [-0.05, 0) is 54.1 Å². The monoisotopic (exact) mass is 451 g/mol. The van der Waals surface area contributed by atoms with Crippen molar-refractivity contribution in [3.05, 3.63) is 110 Å². The molecule has 0 aliphatic carbocycles. The molecule has 3 aromatic rings. The fourth-order valence-electron chi connectivity index (χ4n) is 2.44. The van der Waals surface area contributed by atoms with Crippen LogP contribution in [0.25, 0.3) is 6.08 Å². The summed E-state index contributed by atoms with van der Waals surface area (Å²) in [4.78, 5) is 34.5. The molecule has 29 heavy (non-hydrogen) atoms. The Hall–Kier alpha value is -3.58. The lowest BCUT2D eigenvalue weighted by Gasteiger charge is -2.04. The van der Waals surface area contributed by atoms with Crippen LogP contribution in [0.3, 0.4) is 0 Å². The van der Waals surface area contributed by atoms with Crippen LogP contribution < -0.4 is 4.74 Å². The number of ketones is 1. The molecule has 0 aliphatic heterocycles. The maximum absolute atomic E-state index is 12.2. The summed E-state index contributed by atoms with van der Waals surface area (Å²) in [6, 6.07) is 18.9. The first-order chi connectivity index (χ1) is 13.9. The zero-order chi connectivity index (χ0) is 20.8. The number of non-ortho nitro benzene ring substituents is 1. The number of hydrogen-bond donors (Lipinski definition) is 0. The molecule has 0 aromatic heterocycles. The summed E-state index contributed by atoms with van der Waals surface area (Å²) >= 11 is 3.32. The number of rotatable bonds is 6. The van der Waals surface area contributed by atoms with Gasteiger partial charge in [0.25, 0.3) is 5.69 Å². The summed E-state index contributed by atoms with van der Waals surface area (Å²) < 4.78 is 6.14. The number of carbonyl (C=O) groups is 2. The van der Waals surface area contributed by atoms with Crippen molar-refractivity contribution in [3.63, 3.8) is 0 Å². The standard InChI is InChI=1S/C22H14BrNO5/c23-18-9-7-16(8-10-18)21(25)13-6-15-4-11-20(12-5-15)29-22(26)17-2-1-3-19(14-17)24(27)28/h1-14H/b13-6+. The zero-order valence-electron chi connectivity index (χ0n) is 14.9. The molecule has 0 aliphatic rings. The van der Waals surface area contributed by atoms with Crippen LogP contribution in [0, 0.1) is 10.1 Å². The van der Waals surface area contributed by atoms with E-state index in [1.807, 2.05) is 0 Å². The summed E-state index contributed by atoms with van der Waals surface area (Å²) in [5, 5.41) is 10.8. The molecule has 0 N–H and O–H groups in total. The molecule has 144 valence electrons. The molecule has 0 bridgehead atoms. The number of benzene rings is 3. The second-order valence-electron chi connectivity index (χ2n) is 5.97. The van der Waals surface area contributed by atoms with E-state index in [0.717, 1.165) is 16.1 Å². The second-order valence-corrected chi connectivity index (χ2v) is 6.89. The molecule has 0 amide bonds. The molecule has 0 saturated heterocycles. The Morgan fingerprint density at radius 2 is 1.62 bits per heavy atom. The molecule has 0 saturated carbocycles. The van der Waals surface area contributed by atoms with Crippen molar-refractivity contribution in [1.29, 1.82) is 0 Å². The van der Waals surface area contributed by atoms with E-state index in [9.17, 15) is 19.7 Å². The molecule has 3 rings (SSSR count). The summed E-state index contributed by atoms with van der Waals surface area (Å²) in [7, 11) is 0. The fourth-order valence-corrected chi connectivity index (χ4v) is 2.71. The van der Waals surface area contributed by atoms with Gasteiger partial charge in [-0.3, -0.25) is 14.9 Å². The average molecular weight is 452 g/mol. The van der Waals surface area contributed by atoms with Gasteiger partial charge in [-0.25, -0.2) is 4.79 Å². The first-order valence-electron chi connectivity index (χ1n) is 8.47. The molecule has 0 heterocycles. The van der Waals surface area contributed by atoms with Crippen molar-refractivity contribution >= 4 is 39.4 Å². The number of allylic oxidation sites excluding steroid dienone is 1. The van der Waals surface area contributed by atoms with Gasteiger partial charge >= 0.3 is 5.97 Å². The lowest BCUT2D eigenvalue weighted by atomic mass is 10.1. The fraction of sp³-hybridized carbons (Fsp3) is 0. The molecular weight excluding hydrogens is 438 g/mol. The summed E-state index contributed by atoms with van der Waals surface area (Å²) in [5.74, 6) is -0.529. The predicted octanol–water partition coefficient (Wildman–Crippen LogP) is 5.47. The van der Waals surface area contributed by atoms with Gasteiger partial charge in [0.2, 0.25) is 0 Å². The Labute approximate surface area is 174 Å². The Morgan fingerprint density at radius 1 is 0.931 bits per heavy atom. The maximum Gasteiger partial charge on any atom is 0.343 e. The molecular formula is C22H14BrNO5. The normalized spacial score (nSPS) is 10.7.